The monoisotopic (exact) mass is 210 g/mol. The smallest absolute Gasteiger partial charge is 0.217 e. The molecule has 1 atom stereocenters. The van der Waals surface area contributed by atoms with Crippen LogP contribution in [0.4, 0.5) is 0 Å². The summed E-state index contributed by atoms with van der Waals surface area (Å²) in [5.74, 6) is 0.925. The lowest BCUT2D eigenvalue weighted by molar-refractivity contribution is 0.233. The van der Waals surface area contributed by atoms with Crippen molar-refractivity contribution in [2.75, 3.05) is 20.3 Å². The average molecular weight is 210 g/mol. The van der Waals surface area contributed by atoms with Gasteiger partial charge in [-0.15, -0.1) is 0 Å². The molecule has 2 N–H and O–H groups in total. The fraction of sp³-hybridized carbons (Fsp3) is 0.545. The molecule has 0 radical (unpaired) electrons. The summed E-state index contributed by atoms with van der Waals surface area (Å²) in [6.07, 6.45) is 1.71. The normalized spacial score (nSPS) is 12.5. The summed E-state index contributed by atoms with van der Waals surface area (Å²) in [6.45, 7) is 3.69. The van der Waals surface area contributed by atoms with Gasteiger partial charge in [0, 0.05) is 31.5 Å². The molecular weight excluding hydrogens is 192 g/mol. The van der Waals surface area contributed by atoms with E-state index >= 15 is 0 Å². The van der Waals surface area contributed by atoms with Crippen LogP contribution in [0, 0.1) is 5.92 Å². The van der Waals surface area contributed by atoms with Crippen LogP contribution < -0.4 is 10.1 Å². The molecule has 0 aliphatic carbocycles. The van der Waals surface area contributed by atoms with Gasteiger partial charge in [-0.1, -0.05) is 13.0 Å². The molecule has 0 aliphatic rings. The maximum Gasteiger partial charge on any atom is 0.217 e. The minimum Gasteiger partial charge on any atom is -0.481 e. The van der Waals surface area contributed by atoms with E-state index in [0.29, 0.717) is 12.4 Å². The summed E-state index contributed by atoms with van der Waals surface area (Å²) in [6, 6.07) is 3.86. The topological polar surface area (TPSA) is 54.4 Å². The maximum absolute atomic E-state index is 8.86. The number of nitrogens with zero attached hydrogens (tertiary/aromatic N) is 1. The Kier molecular flexibility index (Phi) is 5.07. The molecule has 4 heteroatoms. The number of aliphatic hydroxyl groups is 1. The fourth-order valence-electron chi connectivity index (χ4n) is 1.26. The third kappa shape index (κ3) is 3.85. The number of rotatable bonds is 6. The van der Waals surface area contributed by atoms with Crippen molar-refractivity contribution in [3.8, 4) is 5.88 Å². The summed E-state index contributed by atoms with van der Waals surface area (Å²) in [7, 11) is 1.61. The minimum absolute atomic E-state index is 0.206. The number of aromatic nitrogens is 1. The Morgan fingerprint density at radius 1 is 1.60 bits per heavy atom. The highest BCUT2D eigenvalue weighted by molar-refractivity contribution is 5.24. The Bertz CT molecular complexity index is 292. The van der Waals surface area contributed by atoms with E-state index in [2.05, 4.69) is 10.3 Å². The molecule has 84 valence electrons. The fourth-order valence-corrected chi connectivity index (χ4v) is 1.26. The van der Waals surface area contributed by atoms with Gasteiger partial charge in [-0.3, -0.25) is 0 Å². The van der Waals surface area contributed by atoms with E-state index in [9.17, 15) is 0 Å². The van der Waals surface area contributed by atoms with Crippen molar-refractivity contribution >= 4 is 0 Å². The number of methoxy groups -OCH3 is 1. The van der Waals surface area contributed by atoms with Crippen LogP contribution in [0.5, 0.6) is 5.88 Å². The van der Waals surface area contributed by atoms with E-state index in [1.807, 2.05) is 19.1 Å². The van der Waals surface area contributed by atoms with Gasteiger partial charge in [-0.05, 0) is 12.0 Å². The molecule has 1 aromatic rings. The first-order chi connectivity index (χ1) is 7.27. The third-order valence-electron chi connectivity index (χ3n) is 2.16. The number of nitrogens with one attached hydrogen (secondary N) is 1. The van der Waals surface area contributed by atoms with Crippen LogP contribution in [0.1, 0.15) is 12.5 Å². The molecule has 4 nitrogen and oxygen atoms in total. The highest BCUT2D eigenvalue weighted by Crippen LogP contribution is 2.12. The molecule has 15 heavy (non-hydrogen) atoms. The lowest BCUT2D eigenvalue weighted by Crippen LogP contribution is -2.23. The summed E-state index contributed by atoms with van der Waals surface area (Å²) in [4.78, 5) is 4.10. The SMILES string of the molecule is COc1ncccc1CNCC(C)CO. The second kappa shape index (κ2) is 6.37. The summed E-state index contributed by atoms with van der Waals surface area (Å²) in [5, 5.41) is 12.1. The Labute approximate surface area is 90.3 Å². The highest BCUT2D eigenvalue weighted by Gasteiger charge is 2.03. The zero-order valence-electron chi connectivity index (χ0n) is 9.23. The molecule has 0 saturated carbocycles. The van der Waals surface area contributed by atoms with Crippen molar-refractivity contribution in [3.05, 3.63) is 23.9 Å². The molecule has 0 saturated heterocycles. The van der Waals surface area contributed by atoms with Crippen LogP contribution in [0.25, 0.3) is 0 Å². The van der Waals surface area contributed by atoms with Gasteiger partial charge in [-0.2, -0.15) is 0 Å². The van der Waals surface area contributed by atoms with E-state index in [0.717, 1.165) is 12.1 Å². The van der Waals surface area contributed by atoms with Crippen LogP contribution in [0.15, 0.2) is 18.3 Å². The van der Waals surface area contributed by atoms with Gasteiger partial charge in [0.1, 0.15) is 0 Å². The molecule has 1 heterocycles. The molecule has 0 bridgehead atoms. The maximum atomic E-state index is 8.86. The van der Waals surface area contributed by atoms with Gasteiger partial charge in [-0.25, -0.2) is 4.98 Å². The lowest BCUT2D eigenvalue weighted by atomic mass is 10.2. The summed E-state index contributed by atoms with van der Waals surface area (Å²) >= 11 is 0. The molecule has 1 unspecified atom stereocenters. The van der Waals surface area contributed by atoms with E-state index in [1.54, 1.807) is 13.3 Å². The first kappa shape index (κ1) is 11.9. The predicted molar refractivity (Wildman–Crippen MR) is 58.7 cm³/mol. The van der Waals surface area contributed by atoms with Gasteiger partial charge in [0.2, 0.25) is 5.88 Å². The Morgan fingerprint density at radius 3 is 3.07 bits per heavy atom. The molecule has 0 aromatic carbocycles. The Hall–Kier alpha value is -1.13. The zero-order valence-corrected chi connectivity index (χ0v) is 9.23. The number of aliphatic hydroxyl groups excluding tert-OH is 1. The summed E-state index contributed by atoms with van der Waals surface area (Å²) in [5.41, 5.74) is 1.03. The molecule has 1 rings (SSSR count). The van der Waals surface area contributed by atoms with Gasteiger partial charge < -0.3 is 15.2 Å². The summed E-state index contributed by atoms with van der Waals surface area (Å²) < 4.78 is 5.13. The number of ether oxygens (including phenoxy) is 1. The molecule has 0 aliphatic heterocycles. The lowest BCUT2D eigenvalue weighted by Gasteiger charge is -2.11. The first-order valence-electron chi connectivity index (χ1n) is 5.07. The van der Waals surface area contributed by atoms with Crippen molar-refractivity contribution in [3.63, 3.8) is 0 Å². The zero-order chi connectivity index (χ0) is 11.1. The molecular formula is C11H18N2O2. The molecule has 0 spiro atoms. The van der Waals surface area contributed by atoms with Crippen molar-refractivity contribution < 1.29 is 9.84 Å². The standard InChI is InChI=1S/C11H18N2O2/c1-9(8-14)6-12-7-10-4-3-5-13-11(10)15-2/h3-5,9,12,14H,6-8H2,1-2H3. The van der Waals surface area contributed by atoms with Crippen LogP contribution in [0.2, 0.25) is 0 Å². The average Bonchev–Trinajstić information content (AvgIpc) is 2.29. The van der Waals surface area contributed by atoms with E-state index in [-0.39, 0.29) is 12.5 Å². The van der Waals surface area contributed by atoms with Crippen LogP contribution in [-0.2, 0) is 6.54 Å². The second-order valence-corrected chi connectivity index (χ2v) is 3.59. The van der Waals surface area contributed by atoms with Crippen molar-refractivity contribution in [1.82, 2.24) is 10.3 Å². The Morgan fingerprint density at radius 2 is 2.40 bits per heavy atom. The van der Waals surface area contributed by atoms with E-state index in [4.69, 9.17) is 9.84 Å². The van der Waals surface area contributed by atoms with Crippen molar-refractivity contribution in [2.45, 2.75) is 13.5 Å². The number of hydrogen-bond donors (Lipinski definition) is 2. The van der Waals surface area contributed by atoms with Gasteiger partial charge in [0.15, 0.2) is 0 Å². The highest BCUT2D eigenvalue weighted by atomic mass is 16.5. The Balaban J connectivity index is 2.43. The van der Waals surface area contributed by atoms with E-state index < -0.39 is 0 Å². The molecule has 0 fully saturated rings. The van der Waals surface area contributed by atoms with E-state index in [1.165, 1.54) is 0 Å². The van der Waals surface area contributed by atoms with Crippen LogP contribution >= 0.6 is 0 Å². The van der Waals surface area contributed by atoms with Crippen molar-refractivity contribution in [2.24, 2.45) is 5.92 Å². The van der Waals surface area contributed by atoms with Crippen LogP contribution in [-0.4, -0.2) is 30.4 Å². The predicted octanol–water partition coefficient (Wildman–Crippen LogP) is 0.808. The van der Waals surface area contributed by atoms with Gasteiger partial charge in [0.25, 0.3) is 0 Å². The minimum atomic E-state index is 0.206. The number of pyridine rings is 1. The third-order valence-corrected chi connectivity index (χ3v) is 2.16. The van der Waals surface area contributed by atoms with Crippen molar-refractivity contribution in [1.29, 1.82) is 0 Å². The first-order valence-corrected chi connectivity index (χ1v) is 5.07. The van der Waals surface area contributed by atoms with Crippen LogP contribution in [0.3, 0.4) is 0 Å². The number of hydrogen-bond acceptors (Lipinski definition) is 4. The van der Waals surface area contributed by atoms with Gasteiger partial charge in [0.05, 0.1) is 7.11 Å². The quantitative estimate of drug-likeness (QED) is 0.729. The molecule has 0 amide bonds. The second-order valence-electron chi connectivity index (χ2n) is 3.59. The largest absolute Gasteiger partial charge is 0.481 e. The molecule has 1 aromatic heterocycles. The van der Waals surface area contributed by atoms with Gasteiger partial charge >= 0.3 is 0 Å².